The molecule has 0 saturated carbocycles. The van der Waals surface area contributed by atoms with Gasteiger partial charge in [0.1, 0.15) is 0 Å². The van der Waals surface area contributed by atoms with E-state index in [4.69, 9.17) is 4.74 Å². The Balaban J connectivity index is 1.43. The normalized spacial score (nSPS) is 18.5. The highest BCUT2D eigenvalue weighted by Crippen LogP contribution is 2.15. The summed E-state index contributed by atoms with van der Waals surface area (Å²) >= 11 is 0. The van der Waals surface area contributed by atoms with E-state index in [-0.39, 0.29) is 18.2 Å². The molecule has 1 saturated heterocycles. The number of rotatable bonds is 7. The summed E-state index contributed by atoms with van der Waals surface area (Å²) in [7, 11) is 0. The minimum Gasteiger partial charge on any atom is -0.379 e. The van der Waals surface area contributed by atoms with Crippen LogP contribution in [-0.4, -0.2) is 73.4 Å². The van der Waals surface area contributed by atoms with Gasteiger partial charge in [0.2, 0.25) is 11.8 Å². The Kier molecular flexibility index (Phi) is 6.74. The summed E-state index contributed by atoms with van der Waals surface area (Å²) < 4.78 is 5.30. The molecular formula is C19H26N4O3. The highest BCUT2D eigenvalue weighted by Gasteiger charge is 2.21. The van der Waals surface area contributed by atoms with Gasteiger partial charge in [-0.25, -0.2) is 5.01 Å². The van der Waals surface area contributed by atoms with Crippen molar-refractivity contribution in [2.75, 3.05) is 45.9 Å². The lowest BCUT2D eigenvalue weighted by atomic mass is 10.0. The molecule has 0 unspecified atom stereocenters. The average molecular weight is 358 g/mol. The predicted octanol–water partition coefficient (Wildman–Crippen LogP) is 0.852. The van der Waals surface area contributed by atoms with Crippen molar-refractivity contribution >= 4 is 17.5 Å². The van der Waals surface area contributed by atoms with Crippen molar-refractivity contribution in [1.82, 2.24) is 15.2 Å². The average Bonchev–Trinajstić information content (AvgIpc) is 2.69. The van der Waals surface area contributed by atoms with Crippen LogP contribution in [0.15, 0.2) is 35.4 Å². The fraction of sp³-hybridized carbons (Fsp3) is 0.526. The maximum atomic E-state index is 12.1. The summed E-state index contributed by atoms with van der Waals surface area (Å²) in [6, 6.07) is 9.86. The van der Waals surface area contributed by atoms with Gasteiger partial charge in [0.15, 0.2) is 0 Å². The lowest BCUT2D eigenvalue weighted by molar-refractivity contribution is -0.132. The predicted molar refractivity (Wildman–Crippen MR) is 98.8 cm³/mol. The molecule has 3 rings (SSSR count). The van der Waals surface area contributed by atoms with Gasteiger partial charge in [0.25, 0.3) is 0 Å². The topological polar surface area (TPSA) is 74.2 Å². The van der Waals surface area contributed by atoms with E-state index in [1.807, 2.05) is 30.3 Å². The maximum Gasteiger partial charge on any atom is 0.243 e. The van der Waals surface area contributed by atoms with Crippen molar-refractivity contribution in [3.05, 3.63) is 35.9 Å². The van der Waals surface area contributed by atoms with E-state index in [1.54, 1.807) is 0 Å². The lowest BCUT2D eigenvalue weighted by Crippen LogP contribution is -2.42. The second kappa shape index (κ2) is 9.45. The molecule has 0 aliphatic carbocycles. The van der Waals surface area contributed by atoms with Crippen molar-refractivity contribution in [2.45, 2.75) is 19.3 Å². The number of morpholine rings is 1. The zero-order valence-corrected chi connectivity index (χ0v) is 15.0. The molecule has 0 bridgehead atoms. The molecule has 140 valence electrons. The largest absolute Gasteiger partial charge is 0.379 e. The first-order valence-electron chi connectivity index (χ1n) is 9.22. The van der Waals surface area contributed by atoms with Crippen molar-refractivity contribution in [3.8, 4) is 0 Å². The molecule has 1 N–H and O–H groups in total. The number of nitrogens with one attached hydrogen (secondary N) is 1. The summed E-state index contributed by atoms with van der Waals surface area (Å²) in [4.78, 5) is 26.4. The van der Waals surface area contributed by atoms with Crippen LogP contribution in [-0.2, 0) is 14.3 Å². The Morgan fingerprint density at radius 2 is 1.88 bits per heavy atom. The van der Waals surface area contributed by atoms with Crippen molar-refractivity contribution < 1.29 is 14.3 Å². The van der Waals surface area contributed by atoms with E-state index in [9.17, 15) is 9.59 Å². The second-order valence-corrected chi connectivity index (χ2v) is 6.48. The third-order valence-electron chi connectivity index (χ3n) is 4.62. The fourth-order valence-electron chi connectivity index (χ4n) is 3.09. The number of hydrogen-bond acceptors (Lipinski definition) is 5. The standard InChI is InChI=1S/C19H26N4O3/c24-18(20-9-11-22-12-14-26-15-13-22)8-10-23-19(25)7-6-17(21-23)16-4-2-1-3-5-16/h1-5H,6-15H2,(H,20,24). The molecule has 2 aliphatic heterocycles. The van der Waals surface area contributed by atoms with Crippen molar-refractivity contribution in [2.24, 2.45) is 5.10 Å². The fourth-order valence-corrected chi connectivity index (χ4v) is 3.09. The zero-order chi connectivity index (χ0) is 18.2. The monoisotopic (exact) mass is 358 g/mol. The molecule has 0 spiro atoms. The molecule has 1 fully saturated rings. The highest BCUT2D eigenvalue weighted by molar-refractivity contribution is 6.04. The zero-order valence-electron chi connectivity index (χ0n) is 15.0. The Morgan fingerprint density at radius 3 is 2.65 bits per heavy atom. The number of benzene rings is 1. The van der Waals surface area contributed by atoms with Crippen LogP contribution in [0.4, 0.5) is 0 Å². The van der Waals surface area contributed by atoms with Crippen molar-refractivity contribution in [1.29, 1.82) is 0 Å². The summed E-state index contributed by atoms with van der Waals surface area (Å²) in [6.07, 6.45) is 1.35. The molecular weight excluding hydrogens is 332 g/mol. The molecule has 7 nitrogen and oxygen atoms in total. The van der Waals surface area contributed by atoms with E-state index in [0.29, 0.717) is 25.9 Å². The van der Waals surface area contributed by atoms with Gasteiger partial charge < -0.3 is 10.1 Å². The Hall–Kier alpha value is -2.25. The molecule has 1 aromatic rings. The van der Waals surface area contributed by atoms with Crippen LogP contribution in [0.1, 0.15) is 24.8 Å². The minimum absolute atomic E-state index is 0.0224. The molecule has 7 heteroatoms. The number of ether oxygens (including phenoxy) is 1. The van der Waals surface area contributed by atoms with Crippen LogP contribution < -0.4 is 5.32 Å². The summed E-state index contributed by atoms with van der Waals surface area (Å²) in [5.74, 6) is -0.0705. The van der Waals surface area contributed by atoms with Crippen LogP contribution in [0.25, 0.3) is 0 Å². The number of nitrogens with zero attached hydrogens (tertiary/aromatic N) is 3. The van der Waals surface area contributed by atoms with E-state index < -0.39 is 0 Å². The van der Waals surface area contributed by atoms with Crippen LogP contribution >= 0.6 is 0 Å². The van der Waals surface area contributed by atoms with Crippen LogP contribution in [0.2, 0.25) is 0 Å². The summed E-state index contributed by atoms with van der Waals surface area (Å²) in [5.41, 5.74) is 1.93. The highest BCUT2D eigenvalue weighted by atomic mass is 16.5. The number of carbonyl (C=O) groups excluding carboxylic acids is 2. The molecule has 0 atom stereocenters. The molecule has 0 radical (unpaired) electrons. The Labute approximate surface area is 154 Å². The maximum absolute atomic E-state index is 12.1. The number of hydrazone groups is 1. The van der Waals surface area contributed by atoms with Gasteiger partial charge in [0.05, 0.1) is 25.5 Å². The number of hydrogen-bond donors (Lipinski definition) is 1. The van der Waals surface area contributed by atoms with Gasteiger partial charge in [-0.15, -0.1) is 0 Å². The Bertz CT molecular complexity index is 641. The minimum atomic E-state index is -0.0481. The van der Waals surface area contributed by atoms with E-state index >= 15 is 0 Å². The smallest absolute Gasteiger partial charge is 0.243 e. The Morgan fingerprint density at radius 1 is 1.12 bits per heavy atom. The van der Waals surface area contributed by atoms with Gasteiger partial charge in [-0.05, 0) is 5.56 Å². The second-order valence-electron chi connectivity index (χ2n) is 6.48. The van der Waals surface area contributed by atoms with Crippen LogP contribution in [0, 0.1) is 0 Å². The molecule has 2 amide bonds. The summed E-state index contributed by atoms with van der Waals surface area (Å²) in [5, 5.41) is 8.81. The quantitative estimate of drug-likeness (QED) is 0.784. The molecule has 2 heterocycles. The third-order valence-corrected chi connectivity index (χ3v) is 4.62. The lowest BCUT2D eigenvalue weighted by Gasteiger charge is -2.26. The first-order chi connectivity index (χ1) is 12.7. The van der Waals surface area contributed by atoms with E-state index in [2.05, 4.69) is 15.3 Å². The van der Waals surface area contributed by atoms with Crippen molar-refractivity contribution in [3.63, 3.8) is 0 Å². The molecule has 1 aromatic carbocycles. The van der Waals surface area contributed by atoms with Gasteiger partial charge >= 0.3 is 0 Å². The van der Waals surface area contributed by atoms with Gasteiger partial charge in [-0.2, -0.15) is 5.10 Å². The summed E-state index contributed by atoms with van der Waals surface area (Å²) in [6.45, 7) is 5.10. The molecule has 0 aromatic heterocycles. The van der Waals surface area contributed by atoms with E-state index in [0.717, 1.165) is 44.1 Å². The third kappa shape index (κ3) is 5.37. The molecule has 26 heavy (non-hydrogen) atoms. The molecule has 2 aliphatic rings. The van der Waals surface area contributed by atoms with Crippen LogP contribution in [0.5, 0.6) is 0 Å². The first kappa shape index (κ1) is 18.5. The number of carbonyl (C=O) groups is 2. The van der Waals surface area contributed by atoms with Gasteiger partial charge in [-0.1, -0.05) is 30.3 Å². The number of amides is 2. The van der Waals surface area contributed by atoms with Crippen LogP contribution in [0.3, 0.4) is 0 Å². The van der Waals surface area contributed by atoms with Gasteiger partial charge in [-0.3, -0.25) is 14.5 Å². The van der Waals surface area contributed by atoms with E-state index in [1.165, 1.54) is 5.01 Å². The van der Waals surface area contributed by atoms with Gasteiger partial charge in [0, 0.05) is 45.4 Å². The SMILES string of the molecule is O=C(CCN1N=C(c2ccccc2)CCC1=O)NCCN1CCOCC1. The first-order valence-corrected chi connectivity index (χ1v) is 9.22.